The van der Waals surface area contributed by atoms with Gasteiger partial charge in [0.05, 0.1) is 6.61 Å². The second kappa shape index (κ2) is 12.4. The predicted octanol–water partition coefficient (Wildman–Crippen LogP) is 1.72. The molecule has 118 valence electrons. The van der Waals surface area contributed by atoms with Gasteiger partial charge in [-0.15, -0.1) is 15.5 Å². The summed E-state index contributed by atoms with van der Waals surface area (Å²) in [5.74, 6) is 0. The molecule has 0 rings (SSSR count). The van der Waals surface area contributed by atoms with Crippen LogP contribution in [-0.2, 0) is 9.57 Å². The van der Waals surface area contributed by atoms with E-state index in [9.17, 15) is 20.2 Å². The largest absolute Gasteiger partial charge is 0.379 e. The summed E-state index contributed by atoms with van der Waals surface area (Å²) >= 11 is 0. The third-order valence-electron chi connectivity index (χ3n) is 2.63. The smallest absolute Gasteiger partial charge is 0.294 e. The Balaban J connectivity index is 3.62. The lowest BCUT2D eigenvalue weighted by Crippen LogP contribution is -2.37. The first-order valence-electron chi connectivity index (χ1n) is 6.83. The summed E-state index contributed by atoms with van der Waals surface area (Å²) in [6, 6.07) is 0. The van der Waals surface area contributed by atoms with Gasteiger partial charge in [0.1, 0.15) is 6.54 Å². The van der Waals surface area contributed by atoms with E-state index < -0.39 is 16.2 Å². The summed E-state index contributed by atoms with van der Waals surface area (Å²) in [6.07, 6.45) is 5.72. The summed E-state index contributed by atoms with van der Waals surface area (Å²) < 4.78 is 5.24. The molecule has 9 heteroatoms. The van der Waals surface area contributed by atoms with Crippen LogP contribution in [0.1, 0.15) is 45.4 Å². The Morgan fingerprint density at radius 2 is 1.75 bits per heavy atom. The lowest BCUT2D eigenvalue weighted by Gasteiger charge is -2.13. The van der Waals surface area contributed by atoms with Gasteiger partial charge in [-0.05, 0) is 6.42 Å². The first-order chi connectivity index (χ1) is 9.56. The van der Waals surface area contributed by atoms with Crippen LogP contribution in [0.5, 0.6) is 0 Å². The van der Waals surface area contributed by atoms with Crippen molar-refractivity contribution in [2.75, 3.05) is 19.8 Å². The van der Waals surface area contributed by atoms with Crippen LogP contribution in [0.2, 0.25) is 0 Å². The second-order valence-corrected chi connectivity index (χ2v) is 4.41. The zero-order chi connectivity index (χ0) is 15.2. The Labute approximate surface area is 117 Å². The third-order valence-corrected chi connectivity index (χ3v) is 2.63. The molecule has 0 amide bonds. The van der Waals surface area contributed by atoms with Crippen LogP contribution in [0, 0.1) is 20.2 Å². The number of rotatable bonds is 14. The quantitative estimate of drug-likeness (QED) is 0.294. The number of unbranched alkanes of at least 4 members (excludes halogenated alkanes) is 5. The first-order valence-corrected chi connectivity index (χ1v) is 6.83. The van der Waals surface area contributed by atoms with Gasteiger partial charge in [-0.2, -0.15) is 0 Å². The fraction of sp³-hybridized carbons (Fsp3) is 1.00. The summed E-state index contributed by atoms with van der Waals surface area (Å²) in [5.41, 5.74) is 1.84. The van der Waals surface area contributed by atoms with E-state index in [0.29, 0.717) is 6.61 Å². The van der Waals surface area contributed by atoms with Gasteiger partial charge in [0.25, 0.3) is 5.09 Å². The monoisotopic (exact) mass is 293 g/mol. The fourth-order valence-electron chi connectivity index (χ4n) is 1.62. The van der Waals surface area contributed by atoms with E-state index in [1.807, 2.05) is 5.43 Å². The van der Waals surface area contributed by atoms with Crippen LogP contribution in [0.25, 0.3) is 0 Å². The van der Waals surface area contributed by atoms with Gasteiger partial charge in [0.15, 0.2) is 11.1 Å². The maximum Gasteiger partial charge on any atom is 0.294 e. The molecule has 0 heterocycles. The van der Waals surface area contributed by atoms with Crippen molar-refractivity contribution in [2.45, 2.75) is 51.6 Å². The van der Waals surface area contributed by atoms with Gasteiger partial charge in [-0.1, -0.05) is 39.0 Å². The molecule has 1 N–H and O–H groups in total. The summed E-state index contributed by atoms with van der Waals surface area (Å²) in [7, 11) is 0. The van der Waals surface area contributed by atoms with Crippen LogP contribution in [-0.4, -0.2) is 36.0 Å². The van der Waals surface area contributed by atoms with Crippen LogP contribution in [0.3, 0.4) is 0 Å². The number of ether oxygens (including phenoxy) is 1. The van der Waals surface area contributed by atoms with E-state index in [0.717, 1.165) is 19.3 Å². The average Bonchev–Trinajstić information content (AvgIpc) is 2.38. The SMILES string of the molecule is CCCCCCCCOCC(CN[N+](=O)[O-])O[N+](=O)[O-]. The number of nitro groups is 1. The minimum Gasteiger partial charge on any atom is -0.379 e. The van der Waals surface area contributed by atoms with Crippen molar-refractivity contribution in [2.24, 2.45) is 0 Å². The Hall–Kier alpha value is -1.64. The second-order valence-electron chi connectivity index (χ2n) is 4.41. The van der Waals surface area contributed by atoms with Crippen molar-refractivity contribution < 1.29 is 19.7 Å². The molecule has 0 spiro atoms. The third kappa shape index (κ3) is 12.8. The summed E-state index contributed by atoms with van der Waals surface area (Å²) in [6.45, 7) is 2.31. The van der Waals surface area contributed by atoms with Crippen molar-refractivity contribution in [1.82, 2.24) is 5.43 Å². The summed E-state index contributed by atoms with van der Waals surface area (Å²) in [5, 5.41) is 18.6. The lowest BCUT2D eigenvalue weighted by molar-refractivity contribution is -0.769. The number of nitrogens with zero attached hydrogens (tertiary/aromatic N) is 2. The molecule has 9 nitrogen and oxygen atoms in total. The van der Waals surface area contributed by atoms with Crippen molar-refractivity contribution >= 4 is 0 Å². The molecule has 1 atom stereocenters. The molecule has 0 aromatic carbocycles. The average molecular weight is 293 g/mol. The van der Waals surface area contributed by atoms with E-state index in [-0.39, 0.29) is 13.2 Å². The van der Waals surface area contributed by atoms with Gasteiger partial charge in [0, 0.05) is 6.61 Å². The van der Waals surface area contributed by atoms with Crippen LogP contribution in [0.4, 0.5) is 0 Å². The maximum absolute atomic E-state index is 10.2. The van der Waals surface area contributed by atoms with Gasteiger partial charge >= 0.3 is 0 Å². The fourth-order valence-corrected chi connectivity index (χ4v) is 1.62. The minimum atomic E-state index is -0.976. The molecular weight excluding hydrogens is 270 g/mol. The van der Waals surface area contributed by atoms with E-state index in [2.05, 4.69) is 11.8 Å². The number of nitrogens with one attached hydrogen (secondary N) is 1. The zero-order valence-corrected chi connectivity index (χ0v) is 11.8. The first kappa shape index (κ1) is 18.4. The highest BCUT2D eigenvalue weighted by atomic mass is 17.0. The molecule has 0 fully saturated rings. The van der Waals surface area contributed by atoms with Crippen molar-refractivity contribution in [3.05, 3.63) is 20.2 Å². The molecule has 0 aromatic heterocycles. The van der Waals surface area contributed by atoms with Crippen molar-refractivity contribution in [1.29, 1.82) is 0 Å². The van der Waals surface area contributed by atoms with E-state index >= 15 is 0 Å². The topological polar surface area (TPSA) is 117 Å². The molecule has 1 unspecified atom stereocenters. The van der Waals surface area contributed by atoms with E-state index in [1.54, 1.807) is 0 Å². The summed E-state index contributed by atoms with van der Waals surface area (Å²) in [4.78, 5) is 24.6. The zero-order valence-electron chi connectivity index (χ0n) is 11.8. The molecule has 20 heavy (non-hydrogen) atoms. The highest BCUT2D eigenvalue weighted by molar-refractivity contribution is 4.55. The normalized spacial score (nSPS) is 11.8. The van der Waals surface area contributed by atoms with Crippen LogP contribution in [0.15, 0.2) is 0 Å². The molecule has 0 aliphatic rings. The lowest BCUT2D eigenvalue weighted by atomic mass is 10.1. The Kier molecular flexibility index (Phi) is 11.4. The van der Waals surface area contributed by atoms with Crippen molar-refractivity contribution in [3.63, 3.8) is 0 Å². The van der Waals surface area contributed by atoms with Gasteiger partial charge in [-0.3, -0.25) is 0 Å². The molecule has 0 saturated carbocycles. The highest BCUT2D eigenvalue weighted by Crippen LogP contribution is 2.05. The van der Waals surface area contributed by atoms with Crippen molar-refractivity contribution in [3.8, 4) is 0 Å². The highest BCUT2D eigenvalue weighted by Gasteiger charge is 2.15. The Bertz CT molecular complexity index is 277. The van der Waals surface area contributed by atoms with Gasteiger partial charge in [-0.25, -0.2) is 10.1 Å². The standard InChI is InChI=1S/C11H23N3O6/c1-2-3-4-5-6-7-8-19-10-11(20-14(17)18)9-12-13(15)16/h11-12H,2-10H2,1H3. The molecule has 0 aliphatic heterocycles. The number of hydrogen-bond acceptors (Lipinski definition) is 6. The van der Waals surface area contributed by atoms with Crippen LogP contribution < -0.4 is 5.43 Å². The molecular formula is C11H23N3O6. The molecule has 0 saturated heterocycles. The van der Waals surface area contributed by atoms with Gasteiger partial charge in [0.2, 0.25) is 0 Å². The molecule has 0 aliphatic carbocycles. The number of hydrogen-bond donors (Lipinski definition) is 1. The van der Waals surface area contributed by atoms with Crippen LogP contribution >= 0.6 is 0 Å². The maximum atomic E-state index is 10.2. The Morgan fingerprint density at radius 3 is 2.35 bits per heavy atom. The van der Waals surface area contributed by atoms with E-state index in [4.69, 9.17) is 4.74 Å². The predicted molar refractivity (Wildman–Crippen MR) is 71.1 cm³/mol. The molecule has 0 radical (unpaired) electrons. The molecule has 0 bridgehead atoms. The van der Waals surface area contributed by atoms with E-state index in [1.165, 1.54) is 19.3 Å². The number of hydrazine groups is 1. The molecule has 0 aromatic rings. The van der Waals surface area contributed by atoms with Gasteiger partial charge < -0.3 is 9.57 Å². The minimum absolute atomic E-state index is 0.0449. The Morgan fingerprint density at radius 1 is 1.10 bits per heavy atom.